The van der Waals surface area contributed by atoms with E-state index in [1.165, 1.54) is 11.1 Å². The van der Waals surface area contributed by atoms with Crippen molar-refractivity contribution in [2.24, 2.45) is 0 Å². The average Bonchev–Trinajstić information content (AvgIpc) is 3.41. The highest BCUT2D eigenvalue weighted by Gasteiger charge is 2.28. The van der Waals surface area contributed by atoms with Crippen molar-refractivity contribution in [3.8, 4) is 0 Å². The molecule has 0 aromatic heterocycles. The van der Waals surface area contributed by atoms with Crippen LogP contribution in [0.5, 0.6) is 0 Å². The third kappa shape index (κ3) is 4.24. The van der Waals surface area contributed by atoms with Gasteiger partial charge in [-0.3, -0.25) is 4.90 Å². The van der Waals surface area contributed by atoms with Crippen LogP contribution in [-0.2, 0) is 35.5 Å². The van der Waals surface area contributed by atoms with Crippen molar-refractivity contribution in [2.75, 3.05) is 39.3 Å². The van der Waals surface area contributed by atoms with Crippen LogP contribution in [0.3, 0.4) is 0 Å². The summed E-state index contributed by atoms with van der Waals surface area (Å²) in [6.45, 7) is 10.1. The van der Waals surface area contributed by atoms with E-state index in [1.807, 2.05) is 19.1 Å². The maximum absolute atomic E-state index is 11.9. The maximum atomic E-state index is 11.9. The molecule has 34 heavy (non-hydrogen) atoms. The number of carbonyl (C=O) groups is 2. The van der Waals surface area contributed by atoms with E-state index >= 15 is 0 Å². The first-order valence-electron chi connectivity index (χ1n) is 12.2. The van der Waals surface area contributed by atoms with Crippen LogP contribution in [0.15, 0.2) is 24.3 Å². The number of aliphatic hydroxyl groups is 1. The van der Waals surface area contributed by atoms with Crippen molar-refractivity contribution in [2.45, 2.75) is 46.0 Å². The van der Waals surface area contributed by atoms with E-state index in [0.717, 1.165) is 73.4 Å². The number of nitrogens with zero attached hydrogens (tertiary/aromatic N) is 2. The second-order valence-corrected chi connectivity index (χ2v) is 9.45. The summed E-state index contributed by atoms with van der Waals surface area (Å²) >= 11 is 0. The summed E-state index contributed by atoms with van der Waals surface area (Å²) in [6.07, 6.45) is 1.28. The van der Waals surface area contributed by atoms with Gasteiger partial charge in [-0.1, -0.05) is 19.1 Å². The quantitative estimate of drug-likeness (QED) is 0.631. The molecular weight excluding hydrogens is 432 g/mol. The lowest BCUT2D eigenvalue weighted by Crippen LogP contribution is -2.48. The first-order chi connectivity index (χ1) is 16.5. The van der Waals surface area contributed by atoms with Crippen LogP contribution in [-0.4, -0.2) is 66.1 Å². The lowest BCUT2D eigenvalue weighted by atomic mass is 9.94. The predicted molar refractivity (Wildman–Crippen MR) is 127 cm³/mol. The fourth-order valence-electron chi connectivity index (χ4n) is 5.53. The minimum Gasteiger partial charge on any atom is -0.457 e. The Hall–Kier alpha value is -2.74. The Bertz CT molecular complexity index is 1120. The molecule has 1 fully saturated rings. The Morgan fingerprint density at radius 2 is 1.53 bits per heavy atom. The minimum atomic E-state index is -0.587. The van der Waals surface area contributed by atoms with E-state index in [9.17, 15) is 14.7 Å². The van der Waals surface area contributed by atoms with Gasteiger partial charge in [-0.05, 0) is 54.2 Å². The molecule has 1 saturated heterocycles. The number of hydrogen-bond donors (Lipinski definition) is 1. The third-order valence-corrected chi connectivity index (χ3v) is 7.61. The van der Waals surface area contributed by atoms with Crippen LogP contribution < -0.4 is 0 Å². The van der Waals surface area contributed by atoms with Gasteiger partial charge in [0.05, 0.1) is 17.2 Å². The number of benzene rings is 2. The number of rotatable bonds is 7. The molecule has 0 amide bonds. The molecule has 7 heteroatoms. The summed E-state index contributed by atoms with van der Waals surface area (Å²) < 4.78 is 10.4. The normalized spacial score (nSPS) is 19.0. The highest BCUT2D eigenvalue weighted by molar-refractivity contribution is 5.94. The average molecular weight is 465 g/mol. The molecule has 3 aliphatic rings. The molecule has 0 bridgehead atoms. The molecule has 1 atom stereocenters. The number of β-amino-alcohol motifs (C(OH)–C–C–N with tert-alkyl or cyclic N) is 1. The monoisotopic (exact) mass is 464 g/mol. The summed E-state index contributed by atoms with van der Waals surface area (Å²) in [5.74, 6) is -0.477. The number of aliphatic hydroxyl groups excluding tert-OH is 1. The molecule has 0 saturated carbocycles. The summed E-state index contributed by atoms with van der Waals surface area (Å²) in [5.41, 5.74) is 7.74. The molecule has 2 aromatic rings. The van der Waals surface area contributed by atoms with Crippen molar-refractivity contribution in [1.29, 1.82) is 0 Å². The van der Waals surface area contributed by atoms with E-state index in [-0.39, 0.29) is 11.9 Å². The van der Waals surface area contributed by atoms with Gasteiger partial charge in [0.15, 0.2) is 0 Å². The van der Waals surface area contributed by atoms with Crippen molar-refractivity contribution in [3.05, 3.63) is 68.8 Å². The fraction of sp³-hybridized carbons (Fsp3) is 0.481. The molecule has 3 heterocycles. The van der Waals surface area contributed by atoms with Crippen LogP contribution in [0.4, 0.5) is 0 Å². The van der Waals surface area contributed by atoms with Gasteiger partial charge in [0.2, 0.25) is 0 Å². The summed E-state index contributed by atoms with van der Waals surface area (Å²) in [7, 11) is 0. The Morgan fingerprint density at radius 3 is 2.24 bits per heavy atom. The van der Waals surface area contributed by atoms with Gasteiger partial charge in [-0.15, -0.1) is 0 Å². The first-order valence-corrected chi connectivity index (χ1v) is 12.2. The standard InChI is InChI=1S/C27H32N2O5/c1-3-19-18(4-5-22-24(19)16-34-27(22)32)8-9-28-10-12-29(13-11-28)14-25(30)20-6-7-21-23(17(20)2)15-33-26(21)31/h4-7,25,30H,3,8-16H2,1-2H3/t25-/m0/s1. The van der Waals surface area contributed by atoms with Gasteiger partial charge < -0.3 is 19.5 Å². The molecule has 7 nitrogen and oxygen atoms in total. The second-order valence-electron chi connectivity index (χ2n) is 9.45. The Kier molecular flexibility index (Phi) is 6.42. The summed E-state index contributed by atoms with van der Waals surface area (Å²) in [6, 6.07) is 7.65. The van der Waals surface area contributed by atoms with E-state index < -0.39 is 6.10 Å². The van der Waals surface area contributed by atoms with Gasteiger partial charge in [-0.25, -0.2) is 9.59 Å². The van der Waals surface area contributed by atoms with Crippen molar-refractivity contribution in [1.82, 2.24) is 9.80 Å². The van der Waals surface area contributed by atoms with E-state index in [0.29, 0.717) is 25.3 Å². The number of carbonyl (C=O) groups excluding carboxylic acids is 2. The van der Waals surface area contributed by atoms with Crippen molar-refractivity contribution in [3.63, 3.8) is 0 Å². The molecular formula is C27H32N2O5. The van der Waals surface area contributed by atoms with Crippen LogP contribution >= 0.6 is 0 Å². The first kappa shape index (κ1) is 23.0. The molecule has 5 rings (SSSR count). The SMILES string of the molecule is CCc1c(CCN2CCN(C[C@H](O)c3ccc4c(c3C)COC4=O)CC2)ccc2c1COC2=O. The van der Waals surface area contributed by atoms with Gasteiger partial charge >= 0.3 is 11.9 Å². The molecule has 0 spiro atoms. The van der Waals surface area contributed by atoms with Crippen LogP contribution in [0.25, 0.3) is 0 Å². The molecule has 0 radical (unpaired) electrons. The number of esters is 2. The number of fused-ring (bicyclic) bond motifs is 2. The van der Waals surface area contributed by atoms with Gasteiger partial charge in [0.1, 0.15) is 13.2 Å². The Morgan fingerprint density at radius 1 is 0.912 bits per heavy atom. The lowest BCUT2D eigenvalue weighted by molar-refractivity contribution is 0.0525. The zero-order valence-electron chi connectivity index (χ0n) is 19.9. The Labute approximate surface area is 200 Å². The van der Waals surface area contributed by atoms with Crippen LogP contribution in [0.1, 0.15) is 67.1 Å². The van der Waals surface area contributed by atoms with Gasteiger partial charge in [-0.2, -0.15) is 0 Å². The molecule has 180 valence electrons. The highest BCUT2D eigenvalue weighted by Crippen LogP contribution is 2.30. The van der Waals surface area contributed by atoms with Crippen molar-refractivity contribution < 1.29 is 24.2 Å². The molecule has 3 aliphatic heterocycles. The minimum absolute atomic E-state index is 0.202. The number of piperazine rings is 1. The zero-order valence-corrected chi connectivity index (χ0v) is 19.9. The predicted octanol–water partition coefficient (Wildman–Crippen LogP) is 2.79. The Balaban J connectivity index is 1.14. The van der Waals surface area contributed by atoms with Crippen molar-refractivity contribution >= 4 is 11.9 Å². The van der Waals surface area contributed by atoms with E-state index in [4.69, 9.17) is 9.47 Å². The lowest BCUT2D eigenvalue weighted by Gasteiger charge is -2.36. The van der Waals surface area contributed by atoms with E-state index in [1.54, 1.807) is 6.07 Å². The molecule has 0 aliphatic carbocycles. The molecule has 0 unspecified atom stereocenters. The third-order valence-electron chi connectivity index (χ3n) is 7.61. The second kappa shape index (κ2) is 9.49. The number of cyclic esters (lactones) is 2. The highest BCUT2D eigenvalue weighted by atomic mass is 16.5. The smallest absolute Gasteiger partial charge is 0.338 e. The number of hydrogen-bond acceptors (Lipinski definition) is 7. The van der Waals surface area contributed by atoms with Crippen LogP contribution in [0, 0.1) is 6.92 Å². The number of ether oxygens (including phenoxy) is 2. The summed E-state index contributed by atoms with van der Waals surface area (Å²) in [5, 5.41) is 10.9. The summed E-state index contributed by atoms with van der Waals surface area (Å²) in [4.78, 5) is 28.4. The topological polar surface area (TPSA) is 79.3 Å². The van der Waals surface area contributed by atoms with Crippen LogP contribution in [0.2, 0.25) is 0 Å². The molecule has 1 N–H and O–H groups in total. The molecule has 2 aromatic carbocycles. The largest absolute Gasteiger partial charge is 0.457 e. The fourth-order valence-corrected chi connectivity index (χ4v) is 5.53. The van der Waals surface area contributed by atoms with Gasteiger partial charge in [0, 0.05) is 50.4 Å². The van der Waals surface area contributed by atoms with Gasteiger partial charge in [0.25, 0.3) is 0 Å². The van der Waals surface area contributed by atoms with E-state index in [2.05, 4.69) is 22.8 Å². The maximum Gasteiger partial charge on any atom is 0.338 e. The zero-order chi connectivity index (χ0) is 23.8.